The third-order valence-corrected chi connectivity index (χ3v) is 4.19. The third kappa shape index (κ3) is 2.93. The van der Waals surface area contributed by atoms with Crippen molar-refractivity contribution in [2.24, 2.45) is 5.92 Å². The molecule has 0 bridgehead atoms. The van der Waals surface area contributed by atoms with Crippen LogP contribution in [-0.4, -0.2) is 11.0 Å². The molecule has 2 aromatic carbocycles. The fourth-order valence-electron chi connectivity index (χ4n) is 2.42. The van der Waals surface area contributed by atoms with Crippen molar-refractivity contribution in [2.45, 2.75) is 12.3 Å². The average molecular weight is 350 g/mol. The lowest BCUT2D eigenvalue weighted by atomic mass is 10.1. The summed E-state index contributed by atoms with van der Waals surface area (Å²) in [6.07, 6.45) is 0.739. The number of amides is 1. The van der Waals surface area contributed by atoms with Gasteiger partial charge in [0.2, 0.25) is 5.91 Å². The first-order valence-corrected chi connectivity index (χ1v) is 7.39. The number of hydrogen-bond donors (Lipinski definition) is 2. The molecule has 0 heterocycles. The normalized spacial score (nSPS) is 20.1. The number of hydrogen-bond acceptors (Lipinski definition) is 2. The number of rotatable bonds is 3. The average Bonchev–Trinajstić information content (AvgIpc) is 3.24. The van der Waals surface area contributed by atoms with Crippen molar-refractivity contribution < 1.29 is 14.3 Å². The van der Waals surface area contributed by atoms with Crippen LogP contribution in [0.1, 0.15) is 17.9 Å². The van der Waals surface area contributed by atoms with Crippen molar-refractivity contribution in [2.75, 3.05) is 5.32 Å². The van der Waals surface area contributed by atoms with Crippen LogP contribution in [0.2, 0.25) is 0 Å². The number of benzene rings is 2. The van der Waals surface area contributed by atoms with Crippen molar-refractivity contribution in [1.82, 2.24) is 0 Å². The Labute approximate surface area is 129 Å². The van der Waals surface area contributed by atoms with Crippen molar-refractivity contribution in [3.05, 3.63) is 58.3 Å². The third-order valence-electron chi connectivity index (χ3n) is 3.67. The number of para-hydroxylation sites is 1. The van der Waals surface area contributed by atoms with Gasteiger partial charge in [0.25, 0.3) is 0 Å². The molecule has 1 amide bonds. The van der Waals surface area contributed by atoms with Crippen LogP contribution in [0.3, 0.4) is 0 Å². The van der Waals surface area contributed by atoms with Gasteiger partial charge in [-0.3, -0.25) is 4.79 Å². The first-order valence-electron chi connectivity index (χ1n) is 6.60. The van der Waals surface area contributed by atoms with Crippen molar-refractivity contribution >= 4 is 27.5 Å². The van der Waals surface area contributed by atoms with E-state index in [1.165, 1.54) is 18.2 Å². The number of anilines is 1. The zero-order chi connectivity index (χ0) is 15.0. The van der Waals surface area contributed by atoms with Gasteiger partial charge in [0, 0.05) is 10.4 Å². The molecule has 3 rings (SSSR count). The lowest BCUT2D eigenvalue weighted by Gasteiger charge is -2.08. The smallest absolute Gasteiger partial charge is 0.228 e. The zero-order valence-corrected chi connectivity index (χ0v) is 12.6. The van der Waals surface area contributed by atoms with E-state index in [4.69, 9.17) is 0 Å². The quantitative estimate of drug-likeness (QED) is 0.821. The number of carbonyl (C=O) groups is 1. The predicted molar refractivity (Wildman–Crippen MR) is 81.7 cm³/mol. The lowest BCUT2D eigenvalue weighted by molar-refractivity contribution is -0.117. The fourth-order valence-corrected chi connectivity index (χ4v) is 2.68. The Morgan fingerprint density at radius 3 is 2.62 bits per heavy atom. The predicted octanol–water partition coefficient (Wildman–Crippen LogP) is 4.04. The second-order valence-corrected chi connectivity index (χ2v) is 6.04. The molecule has 2 atom stereocenters. The second-order valence-electron chi connectivity index (χ2n) is 5.12. The van der Waals surface area contributed by atoms with Gasteiger partial charge in [-0.25, -0.2) is 4.39 Å². The highest BCUT2D eigenvalue weighted by molar-refractivity contribution is 9.10. The first-order chi connectivity index (χ1) is 10.1. The molecule has 1 saturated carbocycles. The summed E-state index contributed by atoms with van der Waals surface area (Å²) in [7, 11) is 0. The summed E-state index contributed by atoms with van der Waals surface area (Å²) in [6, 6.07) is 11.8. The molecule has 0 aliphatic heterocycles. The van der Waals surface area contributed by atoms with Crippen molar-refractivity contribution in [3.63, 3.8) is 0 Å². The van der Waals surface area contributed by atoms with Crippen LogP contribution in [0.4, 0.5) is 10.1 Å². The molecule has 5 heteroatoms. The minimum Gasteiger partial charge on any atom is -0.506 e. The van der Waals surface area contributed by atoms with E-state index in [9.17, 15) is 14.3 Å². The highest BCUT2D eigenvalue weighted by Gasteiger charge is 2.44. The van der Waals surface area contributed by atoms with E-state index < -0.39 is 5.82 Å². The Morgan fingerprint density at radius 1 is 1.24 bits per heavy atom. The van der Waals surface area contributed by atoms with Crippen LogP contribution >= 0.6 is 15.9 Å². The topological polar surface area (TPSA) is 49.3 Å². The van der Waals surface area contributed by atoms with E-state index in [1.807, 2.05) is 24.3 Å². The summed E-state index contributed by atoms with van der Waals surface area (Å²) >= 11 is 3.37. The maximum atomic E-state index is 13.6. The Bertz CT molecular complexity index is 667. The molecule has 0 saturated heterocycles. The van der Waals surface area contributed by atoms with Gasteiger partial charge in [-0.1, -0.05) is 34.1 Å². The van der Waals surface area contributed by atoms with Gasteiger partial charge >= 0.3 is 0 Å². The van der Waals surface area contributed by atoms with Gasteiger partial charge in [-0.15, -0.1) is 0 Å². The summed E-state index contributed by atoms with van der Waals surface area (Å²) in [5.74, 6) is -1.17. The molecular formula is C16H13BrFNO2. The molecule has 21 heavy (non-hydrogen) atoms. The molecule has 108 valence electrons. The van der Waals surface area contributed by atoms with Gasteiger partial charge in [-0.2, -0.15) is 0 Å². The van der Waals surface area contributed by atoms with Gasteiger partial charge in [-0.05, 0) is 42.2 Å². The van der Waals surface area contributed by atoms with Crippen LogP contribution in [0.15, 0.2) is 46.9 Å². The molecule has 1 aliphatic carbocycles. The molecule has 3 nitrogen and oxygen atoms in total. The van der Waals surface area contributed by atoms with E-state index in [1.54, 1.807) is 0 Å². The van der Waals surface area contributed by atoms with Crippen LogP contribution in [-0.2, 0) is 4.79 Å². The van der Waals surface area contributed by atoms with Crippen molar-refractivity contribution in [3.8, 4) is 5.75 Å². The summed E-state index contributed by atoms with van der Waals surface area (Å²) in [5, 5.41) is 12.1. The van der Waals surface area contributed by atoms with Gasteiger partial charge in [0.15, 0.2) is 5.82 Å². The highest BCUT2D eigenvalue weighted by atomic mass is 79.9. The molecule has 1 aliphatic rings. The minimum absolute atomic E-state index is 0.149. The number of phenolic OH excluding ortho intramolecular Hbond substituents is 1. The monoisotopic (exact) mass is 349 g/mol. The summed E-state index contributed by atoms with van der Waals surface area (Å²) < 4.78 is 14.6. The van der Waals surface area contributed by atoms with E-state index in [0.29, 0.717) is 0 Å². The lowest BCUT2D eigenvalue weighted by Crippen LogP contribution is -2.15. The molecule has 2 unspecified atom stereocenters. The first kappa shape index (κ1) is 14.1. The Morgan fingerprint density at radius 2 is 1.95 bits per heavy atom. The Kier molecular flexibility index (Phi) is 3.68. The van der Waals surface area contributed by atoms with Gasteiger partial charge in [0.05, 0.1) is 0 Å². The maximum Gasteiger partial charge on any atom is 0.228 e. The number of carbonyl (C=O) groups excluding carboxylic acids is 1. The highest BCUT2D eigenvalue weighted by Crippen LogP contribution is 2.48. The molecule has 2 aromatic rings. The summed E-state index contributed by atoms with van der Waals surface area (Å²) in [4.78, 5) is 12.1. The number of phenols is 1. The van der Waals surface area contributed by atoms with Crippen LogP contribution in [0, 0.1) is 11.7 Å². The minimum atomic E-state index is -0.635. The molecule has 2 N–H and O–H groups in total. The summed E-state index contributed by atoms with van der Waals surface area (Å²) in [6.45, 7) is 0. The van der Waals surface area contributed by atoms with Crippen LogP contribution in [0.5, 0.6) is 5.75 Å². The van der Waals surface area contributed by atoms with E-state index in [2.05, 4.69) is 21.2 Å². The molecule has 0 radical (unpaired) electrons. The molecule has 1 fully saturated rings. The SMILES string of the molecule is O=C(Nc1c(O)cccc1F)C1CC1c1ccc(Br)cc1. The van der Waals surface area contributed by atoms with E-state index in [0.717, 1.165) is 16.5 Å². The fraction of sp³-hybridized carbons (Fsp3) is 0.188. The largest absolute Gasteiger partial charge is 0.506 e. The molecular weight excluding hydrogens is 337 g/mol. The van der Waals surface area contributed by atoms with Crippen LogP contribution in [0.25, 0.3) is 0 Å². The number of aromatic hydroxyl groups is 1. The molecule has 0 aromatic heterocycles. The second kappa shape index (κ2) is 5.48. The van der Waals surface area contributed by atoms with Gasteiger partial charge in [0.1, 0.15) is 11.4 Å². The van der Waals surface area contributed by atoms with E-state index in [-0.39, 0.29) is 29.2 Å². The van der Waals surface area contributed by atoms with E-state index >= 15 is 0 Å². The standard InChI is InChI=1S/C16H13BrFNO2/c17-10-6-4-9(5-7-10)11-8-12(11)16(21)19-15-13(18)2-1-3-14(15)20/h1-7,11-12,20H,8H2,(H,19,21). The number of halogens is 2. The van der Waals surface area contributed by atoms with Crippen LogP contribution < -0.4 is 5.32 Å². The summed E-state index contributed by atoms with van der Waals surface area (Å²) in [5.41, 5.74) is 0.945. The van der Waals surface area contributed by atoms with Gasteiger partial charge < -0.3 is 10.4 Å². The maximum absolute atomic E-state index is 13.6. The van der Waals surface area contributed by atoms with Crippen molar-refractivity contribution in [1.29, 1.82) is 0 Å². The Hall–Kier alpha value is -1.88. The number of nitrogens with one attached hydrogen (secondary N) is 1. The Balaban J connectivity index is 1.69. The zero-order valence-electron chi connectivity index (χ0n) is 11.0. The molecule has 0 spiro atoms.